The number of unbranched alkanes of at least 4 members (excludes halogenated alkanes) is 1. The molecule has 0 saturated carbocycles. The molecule has 1 rings (SSSR count). The molecule has 1 aromatic carbocycles. The van der Waals surface area contributed by atoms with E-state index >= 15 is 0 Å². The van der Waals surface area contributed by atoms with Crippen LogP contribution in [0, 0.1) is 0 Å². The number of benzene rings is 1. The van der Waals surface area contributed by atoms with Gasteiger partial charge in [-0.2, -0.15) is 0 Å². The lowest BCUT2D eigenvalue weighted by Crippen LogP contribution is -2.19. The van der Waals surface area contributed by atoms with E-state index in [-0.39, 0.29) is 0 Å². The molecule has 0 aliphatic heterocycles. The standard InChI is InChI=1S/C17H29NO3/c1-5-10-18-14(2)15-8-9-16(17(13-15)20-4)21-12-7-6-11-19-3/h8-9,13-14,18H,5-7,10-12H2,1-4H3. The molecule has 21 heavy (non-hydrogen) atoms. The highest BCUT2D eigenvalue weighted by molar-refractivity contribution is 5.43. The minimum absolute atomic E-state index is 0.314. The number of ether oxygens (including phenoxy) is 3. The third kappa shape index (κ3) is 6.36. The fourth-order valence-corrected chi connectivity index (χ4v) is 2.08. The first-order valence-corrected chi connectivity index (χ1v) is 7.76. The molecule has 0 saturated heterocycles. The first-order chi connectivity index (χ1) is 10.2. The molecular formula is C17H29NO3. The van der Waals surface area contributed by atoms with Gasteiger partial charge in [-0.15, -0.1) is 0 Å². The Hall–Kier alpha value is -1.26. The van der Waals surface area contributed by atoms with Crippen LogP contribution in [0.5, 0.6) is 11.5 Å². The van der Waals surface area contributed by atoms with Crippen LogP contribution in [0.15, 0.2) is 18.2 Å². The van der Waals surface area contributed by atoms with Gasteiger partial charge in [0, 0.05) is 19.8 Å². The van der Waals surface area contributed by atoms with Crippen LogP contribution in [-0.4, -0.2) is 34.0 Å². The normalized spacial score (nSPS) is 12.2. The zero-order valence-corrected chi connectivity index (χ0v) is 13.8. The van der Waals surface area contributed by atoms with Crippen LogP contribution in [0.1, 0.15) is 44.7 Å². The van der Waals surface area contributed by atoms with Gasteiger partial charge in [-0.05, 0) is 50.4 Å². The molecule has 0 spiro atoms. The SMILES string of the molecule is CCCNC(C)c1ccc(OCCCCOC)c(OC)c1. The summed E-state index contributed by atoms with van der Waals surface area (Å²) >= 11 is 0. The largest absolute Gasteiger partial charge is 0.493 e. The molecule has 1 unspecified atom stereocenters. The van der Waals surface area contributed by atoms with Crippen molar-refractivity contribution in [3.8, 4) is 11.5 Å². The van der Waals surface area contributed by atoms with E-state index in [1.165, 1.54) is 5.56 Å². The Bertz CT molecular complexity index is 396. The monoisotopic (exact) mass is 295 g/mol. The van der Waals surface area contributed by atoms with Crippen molar-refractivity contribution in [2.45, 2.75) is 39.2 Å². The summed E-state index contributed by atoms with van der Waals surface area (Å²) in [5.41, 5.74) is 1.21. The fraction of sp³-hybridized carbons (Fsp3) is 0.647. The van der Waals surface area contributed by atoms with Crippen LogP contribution in [0.2, 0.25) is 0 Å². The van der Waals surface area contributed by atoms with Gasteiger partial charge >= 0.3 is 0 Å². The summed E-state index contributed by atoms with van der Waals surface area (Å²) in [7, 11) is 3.40. The van der Waals surface area contributed by atoms with E-state index in [4.69, 9.17) is 14.2 Å². The minimum atomic E-state index is 0.314. The summed E-state index contributed by atoms with van der Waals surface area (Å²) in [5.74, 6) is 1.60. The van der Waals surface area contributed by atoms with Crippen molar-refractivity contribution >= 4 is 0 Å². The number of hydrogen-bond acceptors (Lipinski definition) is 4. The summed E-state index contributed by atoms with van der Waals surface area (Å²) < 4.78 is 16.3. The van der Waals surface area contributed by atoms with E-state index < -0.39 is 0 Å². The molecule has 0 aliphatic carbocycles. The molecule has 1 atom stereocenters. The maximum atomic E-state index is 5.79. The molecule has 1 N–H and O–H groups in total. The highest BCUT2D eigenvalue weighted by atomic mass is 16.5. The topological polar surface area (TPSA) is 39.7 Å². The van der Waals surface area contributed by atoms with Crippen molar-refractivity contribution < 1.29 is 14.2 Å². The summed E-state index contributed by atoms with van der Waals surface area (Å²) in [6.45, 7) is 6.81. The maximum absolute atomic E-state index is 5.79. The predicted molar refractivity (Wildman–Crippen MR) is 86.3 cm³/mol. The van der Waals surface area contributed by atoms with E-state index in [2.05, 4.69) is 31.3 Å². The average molecular weight is 295 g/mol. The van der Waals surface area contributed by atoms with Crippen LogP contribution in [0.25, 0.3) is 0 Å². The quantitative estimate of drug-likeness (QED) is 0.634. The van der Waals surface area contributed by atoms with Crippen molar-refractivity contribution in [3.63, 3.8) is 0 Å². The lowest BCUT2D eigenvalue weighted by Gasteiger charge is -2.17. The lowest BCUT2D eigenvalue weighted by atomic mass is 10.1. The Morgan fingerprint density at radius 3 is 2.52 bits per heavy atom. The van der Waals surface area contributed by atoms with Crippen LogP contribution in [-0.2, 0) is 4.74 Å². The summed E-state index contributed by atoms with van der Waals surface area (Å²) in [5, 5.41) is 3.48. The third-order valence-electron chi connectivity index (χ3n) is 3.39. The smallest absolute Gasteiger partial charge is 0.161 e. The second kappa shape index (κ2) is 10.5. The van der Waals surface area contributed by atoms with E-state index in [9.17, 15) is 0 Å². The molecule has 0 bridgehead atoms. The predicted octanol–water partition coefficient (Wildman–Crippen LogP) is 3.56. The molecule has 1 aromatic rings. The molecule has 4 heteroatoms. The average Bonchev–Trinajstić information content (AvgIpc) is 2.52. The molecular weight excluding hydrogens is 266 g/mol. The van der Waals surface area contributed by atoms with Crippen molar-refractivity contribution in [2.24, 2.45) is 0 Å². The molecule has 120 valence electrons. The minimum Gasteiger partial charge on any atom is -0.493 e. The molecule has 4 nitrogen and oxygen atoms in total. The van der Waals surface area contributed by atoms with Crippen molar-refractivity contribution in [2.75, 3.05) is 34.0 Å². The van der Waals surface area contributed by atoms with Gasteiger partial charge in [0.2, 0.25) is 0 Å². The van der Waals surface area contributed by atoms with Gasteiger partial charge in [-0.1, -0.05) is 13.0 Å². The number of rotatable bonds is 11. The highest BCUT2D eigenvalue weighted by Crippen LogP contribution is 2.30. The number of nitrogens with one attached hydrogen (secondary N) is 1. The summed E-state index contributed by atoms with van der Waals surface area (Å²) in [6.07, 6.45) is 3.12. The number of hydrogen-bond donors (Lipinski definition) is 1. The zero-order valence-electron chi connectivity index (χ0n) is 13.8. The van der Waals surface area contributed by atoms with Crippen LogP contribution in [0.3, 0.4) is 0 Å². The second-order valence-corrected chi connectivity index (χ2v) is 5.13. The van der Waals surface area contributed by atoms with Gasteiger partial charge in [-0.3, -0.25) is 0 Å². The van der Waals surface area contributed by atoms with Gasteiger partial charge in [0.05, 0.1) is 13.7 Å². The van der Waals surface area contributed by atoms with E-state index in [1.807, 2.05) is 6.07 Å². The van der Waals surface area contributed by atoms with Gasteiger partial charge in [0.15, 0.2) is 11.5 Å². The van der Waals surface area contributed by atoms with Crippen molar-refractivity contribution in [1.29, 1.82) is 0 Å². The molecule has 0 fully saturated rings. The third-order valence-corrected chi connectivity index (χ3v) is 3.39. The second-order valence-electron chi connectivity index (χ2n) is 5.13. The van der Waals surface area contributed by atoms with Gasteiger partial charge in [-0.25, -0.2) is 0 Å². The number of methoxy groups -OCH3 is 2. The van der Waals surface area contributed by atoms with Gasteiger partial charge in [0.1, 0.15) is 0 Å². The Morgan fingerprint density at radius 1 is 1.10 bits per heavy atom. The van der Waals surface area contributed by atoms with E-state index in [0.29, 0.717) is 12.6 Å². The first-order valence-electron chi connectivity index (χ1n) is 7.76. The summed E-state index contributed by atoms with van der Waals surface area (Å²) in [4.78, 5) is 0. The van der Waals surface area contributed by atoms with Crippen molar-refractivity contribution in [3.05, 3.63) is 23.8 Å². The Kier molecular flexibility index (Phi) is 8.87. The molecule has 0 heterocycles. The maximum Gasteiger partial charge on any atom is 0.161 e. The Morgan fingerprint density at radius 2 is 1.86 bits per heavy atom. The lowest BCUT2D eigenvalue weighted by molar-refractivity contribution is 0.183. The highest BCUT2D eigenvalue weighted by Gasteiger charge is 2.10. The first kappa shape index (κ1) is 17.8. The zero-order chi connectivity index (χ0) is 15.5. The Labute approximate surface area is 128 Å². The fourth-order valence-electron chi connectivity index (χ4n) is 2.08. The molecule has 0 radical (unpaired) electrons. The van der Waals surface area contributed by atoms with E-state index in [0.717, 1.165) is 43.9 Å². The van der Waals surface area contributed by atoms with Crippen LogP contribution in [0.4, 0.5) is 0 Å². The molecule has 0 aromatic heterocycles. The van der Waals surface area contributed by atoms with Crippen molar-refractivity contribution in [1.82, 2.24) is 5.32 Å². The van der Waals surface area contributed by atoms with Crippen LogP contribution < -0.4 is 14.8 Å². The van der Waals surface area contributed by atoms with Crippen LogP contribution >= 0.6 is 0 Å². The van der Waals surface area contributed by atoms with Gasteiger partial charge in [0.25, 0.3) is 0 Å². The summed E-state index contributed by atoms with van der Waals surface area (Å²) in [6, 6.07) is 6.46. The van der Waals surface area contributed by atoms with E-state index in [1.54, 1.807) is 14.2 Å². The van der Waals surface area contributed by atoms with Gasteiger partial charge < -0.3 is 19.5 Å². The molecule has 0 amide bonds. The molecule has 0 aliphatic rings. The Balaban J connectivity index is 2.57.